The Bertz CT molecular complexity index is 570. The number of alkyl halides is 1. The molecule has 0 fully saturated rings. The van der Waals surface area contributed by atoms with Gasteiger partial charge in [0, 0.05) is 10.4 Å². The summed E-state index contributed by atoms with van der Waals surface area (Å²) in [5.41, 5.74) is 2.20. The van der Waals surface area contributed by atoms with E-state index in [1.165, 1.54) is 5.56 Å². The van der Waals surface area contributed by atoms with E-state index in [2.05, 4.69) is 31.9 Å². The highest BCUT2D eigenvalue weighted by atomic mass is 79.9. The predicted molar refractivity (Wildman–Crippen MR) is 83.0 cm³/mol. The Morgan fingerprint density at radius 2 is 1.94 bits per heavy atom. The van der Waals surface area contributed by atoms with E-state index >= 15 is 0 Å². The van der Waals surface area contributed by atoms with Gasteiger partial charge in [0.25, 0.3) is 0 Å². The van der Waals surface area contributed by atoms with E-state index in [1.807, 2.05) is 43.3 Å². The molecule has 0 atom stereocenters. The summed E-state index contributed by atoms with van der Waals surface area (Å²) in [6.45, 7) is 1.96. The first kappa shape index (κ1) is 13.9. The molecule has 2 rings (SSSR count). The molecular formula is C14H11Br2ClO. The Morgan fingerprint density at radius 1 is 1.17 bits per heavy atom. The summed E-state index contributed by atoms with van der Waals surface area (Å²) in [4.78, 5) is 0. The molecule has 0 saturated heterocycles. The summed E-state index contributed by atoms with van der Waals surface area (Å²) in [5, 5.41) is 1.57. The molecule has 0 aromatic heterocycles. The lowest BCUT2D eigenvalue weighted by Crippen LogP contribution is -1.88. The van der Waals surface area contributed by atoms with Crippen LogP contribution >= 0.6 is 43.5 Å². The van der Waals surface area contributed by atoms with Crippen LogP contribution in [0.3, 0.4) is 0 Å². The molecule has 0 saturated carbocycles. The van der Waals surface area contributed by atoms with Crippen LogP contribution in [0.1, 0.15) is 11.1 Å². The zero-order valence-corrected chi connectivity index (χ0v) is 13.6. The number of hydrogen-bond donors (Lipinski definition) is 0. The maximum Gasteiger partial charge on any atom is 0.141 e. The Balaban J connectivity index is 2.25. The molecule has 0 aliphatic heterocycles. The van der Waals surface area contributed by atoms with Gasteiger partial charge in [-0.1, -0.05) is 33.6 Å². The molecule has 0 radical (unpaired) electrons. The molecule has 1 nitrogen and oxygen atoms in total. The Labute approximate surface area is 128 Å². The SMILES string of the molecule is Cc1cc(Oc2ccc(CBr)cc2Br)ccc1Cl. The van der Waals surface area contributed by atoms with Crippen LogP contribution in [0.15, 0.2) is 40.9 Å². The van der Waals surface area contributed by atoms with E-state index in [0.717, 1.165) is 31.9 Å². The van der Waals surface area contributed by atoms with E-state index in [1.54, 1.807) is 0 Å². The van der Waals surface area contributed by atoms with Gasteiger partial charge in [-0.25, -0.2) is 0 Å². The summed E-state index contributed by atoms with van der Waals surface area (Å²) in [5.74, 6) is 1.57. The maximum atomic E-state index is 5.98. The summed E-state index contributed by atoms with van der Waals surface area (Å²) < 4.78 is 6.76. The number of hydrogen-bond acceptors (Lipinski definition) is 1. The fourth-order valence-electron chi connectivity index (χ4n) is 1.52. The summed E-state index contributed by atoms with van der Waals surface area (Å²) in [6, 6.07) is 11.6. The lowest BCUT2D eigenvalue weighted by Gasteiger charge is -2.10. The maximum absolute atomic E-state index is 5.98. The molecule has 2 aromatic rings. The third kappa shape index (κ3) is 3.28. The van der Waals surface area contributed by atoms with Gasteiger partial charge in [0.1, 0.15) is 11.5 Å². The van der Waals surface area contributed by atoms with Crippen molar-refractivity contribution >= 4 is 43.5 Å². The van der Waals surface area contributed by atoms with Crippen molar-refractivity contribution in [2.75, 3.05) is 0 Å². The third-order valence-electron chi connectivity index (χ3n) is 2.51. The van der Waals surface area contributed by atoms with Crippen LogP contribution in [0.4, 0.5) is 0 Å². The number of ether oxygens (including phenoxy) is 1. The highest BCUT2D eigenvalue weighted by molar-refractivity contribution is 9.10. The van der Waals surface area contributed by atoms with Crippen LogP contribution in [0.25, 0.3) is 0 Å². The molecule has 0 bridgehead atoms. The van der Waals surface area contributed by atoms with Crippen LogP contribution in [0, 0.1) is 6.92 Å². The van der Waals surface area contributed by atoms with Crippen LogP contribution in [0.2, 0.25) is 5.02 Å². The Kier molecular flexibility index (Phi) is 4.71. The second-order valence-corrected chi connectivity index (χ2v) is 5.73. The molecule has 0 spiro atoms. The fraction of sp³-hybridized carbons (Fsp3) is 0.143. The molecule has 0 N–H and O–H groups in total. The largest absolute Gasteiger partial charge is 0.456 e. The number of aryl methyl sites for hydroxylation is 1. The number of rotatable bonds is 3. The second-order valence-electron chi connectivity index (χ2n) is 3.91. The summed E-state index contributed by atoms with van der Waals surface area (Å²) in [6.07, 6.45) is 0. The first-order valence-corrected chi connectivity index (χ1v) is 7.68. The first-order valence-electron chi connectivity index (χ1n) is 5.38. The van der Waals surface area contributed by atoms with Gasteiger partial charge in [0.2, 0.25) is 0 Å². The van der Waals surface area contributed by atoms with Gasteiger partial charge in [0.05, 0.1) is 4.47 Å². The zero-order valence-electron chi connectivity index (χ0n) is 9.71. The van der Waals surface area contributed by atoms with Gasteiger partial charge in [0.15, 0.2) is 0 Å². The van der Waals surface area contributed by atoms with Crippen molar-refractivity contribution in [3.05, 3.63) is 57.0 Å². The summed E-state index contributed by atoms with van der Waals surface area (Å²) in [7, 11) is 0. The molecule has 0 unspecified atom stereocenters. The normalized spacial score (nSPS) is 10.4. The lowest BCUT2D eigenvalue weighted by atomic mass is 10.2. The van der Waals surface area contributed by atoms with Gasteiger partial charge < -0.3 is 4.74 Å². The highest BCUT2D eigenvalue weighted by Gasteiger charge is 2.05. The molecule has 4 heteroatoms. The average Bonchev–Trinajstić information content (AvgIpc) is 2.36. The standard InChI is InChI=1S/C14H11Br2ClO/c1-9-6-11(3-4-13(9)17)18-14-5-2-10(8-15)7-12(14)16/h2-7H,8H2,1H3. The Hall–Kier alpha value is -0.510. The first-order chi connectivity index (χ1) is 8.60. The smallest absolute Gasteiger partial charge is 0.141 e. The van der Waals surface area contributed by atoms with Crippen LogP contribution < -0.4 is 4.74 Å². The van der Waals surface area contributed by atoms with Gasteiger partial charge in [-0.3, -0.25) is 0 Å². The summed E-state index contributed by atoms with van der Waals surface area (Å²) >= 11 is 12.9. The average molecular weight is 391 g/mol. The third-order valence-corrected chi connectivity index (χ3v) is 4.20. The minimum absolute atomic E-state index is 0.746. The highest BCUT2D eigenvalue weighted by Crippen LogP contribution is 2.32. The van der Waals surface area contributed by atoms with Crippen molar-refractivity contribution < 1.29 is 4.74 Å². The zero-order chi connectivity index (χ0) is 13.1. The predicted octanol–water partition coefficient (Wildman–Crippen LogP) is 6.10. The molecular weight excluding hydrogens is 379 g/mol. The van der Waals surface area contributed by atoms with Crippen molar-refractivity contribution in [3.8, 4) is 11.5 Å². The van der Waals surface area contributed by atoms with Gasteiger partial charge in [-0.15, -0.1) is 0 Å². The van der Waals surface area contributed by atoms with E-state index < -0.39 is 0 Å². The number of benzene rings is 2. The monoisotopic (exact) mass is 388 g/mol. The van der Waals surface area contributed by atoms with Crippen LogP contribution in [0.5, 0.6) is 11.5 Å². The van der Waals surface area contributed by atoms with Crippen molar-refractivity contribution in [1.29, 1.82) is 0 Å². The molecule has 94 valence electrons. The second kappa shape index (κ2) is 6.09. The van der Waals surface area contributed by atoms with E-state index in [4.69, 9.17) is 16.3 Å². The van der Waals surface area contributed by atoms with Gasteiger partial charge in [-0.2, -0.15) is 0 Å². The minimum atomic E-state index is 0.746. The quantitative estimate of drug-likeness (QED) is 0.576. The van der Waals surface area contributed by atoms with Gasteiger partial charge >= 0.3 is 0 Å². The fourth-order valence-corrected chi connectivity index (χ4v) is 2.49. The van der Waals surface area contributed by atoms with Gasteiger partial charge in [-0.05, 0) is 64.3 Å². The van der Waals surface area contributed by atoms with E-state index in [0.29, 0.717) is 0 Å². The van der Waals surface area contributed by atoms with Crippen molar-refractivity contribution in [3.63, 3.8) is 0 Å². The molecule has 18 heavy (non-hydrogen) atoms. The lowest BCUT2D eigenvalue weighted by molar-refractivity contribution is 0.479. The molecule has 0 aliphatic carbocycles. The molecule has 2 aromatic carbocycles. The van der Waals surface area contributed by atoms with Crippen molar-refractivity contribution in [1.82, 2.24) is 0 Å². The van der Waals surface area contributed by atoms with E-state index in [9.17, 15) is 0 Å². The molecule has 0 amide bonds. The minimum Gasteiger partial charge on any atom is -0.456 e. The van der Waals surface area contributed by atoms with Crippen LogP contribution in [-0.2, 0) is 5.33 Å². The molecule has 0 aliphatic rings. The van der Waals surface area contributed by atoms with Crippen LogP contribution in [-0.4, -0.2) is 0 Å². The molecule has 0 heterocycles. The van der Waals surface area contributed by atoms with E-state index in [-0.39, 0.29) is 0 Å². The number of halogens is 3. The Morgan fingerprint density at radius 3 is 2.56 bits per heavy atom. The van der Waals surface area contributed by atoms with Crippen molar-refractivity contribution in [2.24, 2.45) is 0 Å². The van der Waals surface area contributed by atoms with Crippen molar-refractivity contribution in [2.45, 2.75) is 12.3 Å². The topological polar surface area (TPSA) is 9.23 Å².